The van der Waals surface area contributed by atoms with E-state index < -0.39 is 20.3 Å². The van der Waals surface area contributed by atoms with E-state index in [1.165, 1.54) is 0 Å². The molecular formula is C6H20N4O7P2Pd2. The van der Waals surface area contributed by atoms with Crippen molar-refractivity contribution in [3.8, 4) is 0 Å². The van der Waals surface area contributed by atoms with E-state index in [9.17, 15) is 9.13 Å². The minimum Gasteiger partial charge on any atom is -0.679 e. The topological polar surface area (TPSA) is 230 Å². The Hall–Kier alpha value is 1.42. The van der Waals surface area contributed by atoms with Crippen LogP contribution in [0.25, 0.3) is 22.9 Å². The summed E-state index contributed by atoms with van der Waals surface area (Å²) in [7, 11) is -10.4. The second kappa shape index (κ2) is 16.3. The van der Waals surface area contributed by atoms with E-state index >= 15 is 0 Å². The summed E-state index contributed by atoms with van der Waals surface area (Å²) < 4.78 is 20.5. The predicted molar refractivity (Wildman–Crippen MR) is 71.5 cm³/mol. The summed E-state index contributed by atoms with van der Waals surface area (Å²) >= 11 is 0. The van der Waals surface area contributed by atoms with Gasteiger partial charge < -0.3 is 47.6 Å². The van der Waals surface area contributed by atoms with Crippen molar-refractivity contribution in [1.29, 1.82) is 0 Å². The summed E-state index contributed by atoms with van der Waals surface area (Å²) in [6, 6.07) is 0. The zero-order chi connectivity index (χ0) is 16.3. The third kappa shape index (κ3) is 17.6. The van der Waals surface area contributed by atoms with Crippen LogP contribution in [0.15, 0.2) is 0 Å². The van der Waals surface area contributed by atoms with Gasteiger partial charge in [-0.2, -0.15) is 26.2 Å². The Morgan fingerprint density at radius 2 is 0.905 bits per heavy atom. The van der Waals surface area contributed by atoms with E-state index in [2.05, 4.69) is 0 Å². The van der Waals surface area contributed by atoms with Gasteiger partial charge in [-0.15, -0.1) is 0 Å². The third-order valence-corrected chi connectivity index (χ3v) is 5.12. The van der Waals surface area contributed by atoms with E-state index in [1.807, 2.05) is 0 Å². The minimum absolute atomic E-state index is 0. The molecule has 0 rings (SSSR count). The number of hydrogen-bond acceptors (Lipinski definition) is 3. The summed E-state index contributed by atoms with van der Waals surface area (Å²) in [5, 5.41) is 5.37. The van der Waals surface area contributed by atoms with Gasteiger partial charge in [-0.05, 0) is 6.92 Å². The Morgan fingerprint density at radius 3 is 0.905 bits per heavy atom. The molecule has 0 amide bonds. The Labute approximate surface area is 150 Å². The average molecular weight is 535 g/mol. The second-order valence-electron chi connectivity index (χ2n) is 3.06. The van der Waals surface area contributed by atoms with Crippen molar-refractivity contribution in [2.45, 2.75) is 12.0 Å². The Bertz CT molecular complexity index is 279. The Balaban J connectivity index is -0.0000000722. The van der Waals surface area contributed by atoms with Crippen LogP contribution >= 0.6 is 15.2 Å². The third-order valence-electron chi connectivity index (χ3n) is 1.35. The molecule has 0 aromatic heterocycles. The molecule has 0 fully saturated rings. The molecule has 0 aliphatic carbocycles. The first-order chi connectivity index (χ1) is 8.33. The molecule has 0 saturated carbocycles. The smallest absolute Gasteiger partial charge is 0.679 e. The van der Waals surface area contributed by atoms with Crippen LogP contribution < -0.4 is 0 Å². The van der Waals surface area contributed by atoms with Crippen LogP contribution in [0.1, 0.15) is 6.92 Å². The molecular weight excluding hydrogens is 515 g/mol. The van der Waals surface area contributed by atoms with Gasteiger partial charge in [0.25, 0.3) is 5.08 Å². The molecule has 21 heavy (non-hydrogen) atoms. The molecule has 0 aromatic carbocycles. The molecule has 0 radical (unpaired) electrons. The average Bonchev–Trinajstić information content (AvgIpc) is 2.27. The molecule has 0 spiro atoms. The first-order valence-electron chi connectivity index (χ1n) is 4.75. The molecule has 11 nitrogen and oxygen atoms in total. The molecule has 0 bridgehead atoms. The fraction of sp³-hybridized carbons (Fsp3) is 1.00. The van der Waals surface area contributed by atoms with Crippen LogP contribution in [0.5, 0.6) is 0 Å². The maximum Gasteiger partial charge on any atom is 2.00 e. The Morgan fingerprint density at radius 1 is 0.762 bits per heavy atom. The monoisotopic (exact) mass is 534 g/mol. The number of hydrogen-bond donors (Lipinski definition) is 5. The van der Waals surface area contributed by atoms with E-state index in [4.69, 9.17) is 47.6 Å². The first kappa shape index (κ1) is 33.9. The number of nitrogens with one attached hydrogen (secondary N) is 4. The molecule has 0 atom stereocenters. The molecule has 0 aromatic rings. The van der Waals surface area contributed by atoms with Crippen LogP contribution in [0.3, 0.4) is 0 Å². The number of rotatable bonds is 4. The minimum atomic E-state index is -5.20. The Kier molecular flexibility index (Phi) is 26.3. The first-order valence-corrected chi connectivity index (χ1v) is 7.97. The van der Waals surface area contributed by atoms with Crippen LogP contribution in [0.4, 0.5) is 0 Å². The van der Waals surface area contributed by atoms with Gasteiger partial charge in [0.05, 0.1) is 0 Å². The quantitative estimate of drug-likeness (QED) is 0.260. The van der Waals surface area contributed by atoms with Gasteiger partial charge in [-0.25, -0.2) is 0 Å². The van der Waals surface area contributed by atoms with Gasteiger partial charge in [0, 0.05) is 0 Å². The van der Waals surface area contributed by atoms with Gasteiger partial charge in [0.1, 0.15) is 0 Å². The summed E-state index contributed by atoms with van der Waals surface area (Å²) in [5.74, 6) is 0. The molecule has 0 aliphatic rings. The number of aliphatic hydroxyl groups is 1. The van der Waals surface area contributed by atoms with Gasteiger partial charge in [0.15, 0.2) is 0 Å². The maximum absolute atomic E-state index is 10.3. The largest absolute Gasteiger partial charge is 2.00 e. The summed E-state index contributed by atoms with van der Waals surface area (Å²) in [5.41, 5.74) is 25.1. The zero-order valence-electron chi connectivity index (χ0n) is 10.9. The summed E-state index contributed by atoms with van der Waals surface area (Å²) in [4.78, 5) is 33.0. The fourth-order valence-corrected chi connectivity index (χ4v) is 1.53. The zero-order valence-corrected chi connectivity index (χ0v) is 15.8. The molecule has 0 heterocycles. The van der Waals surface area contributed by atoms with Gasteiger partial charge in [-0.1, -0.05) is 0 Å². The van der Waals surface area contributed by atoms with Crippen LogP contribution in [0.2, 0.25) is 0 Å². The van der Waals surface area contributed by atoms with Gasteiger partial charge in [0.2, 0.25) is 0 Å². The van der Waals surface area contributed by atoms with Crippen molar-refractivity contribution in [1.82, 2.24) is 0 Å². The van der Waals surface area contributed by atoms with E-state index in [0.717, 1.165) is 0 Å². The van der Waals surface area contributed by atoms with Crippen molar-refractivity contribution in [2.75, 3.05) is 26.2 Å². The van der Waals surface area contributed by atoms with Crippen molar-refractivity contribution in [3.05, 3.63) is 22.9 Å². The molecule has 15 heteroatoms. The second-order valence-corrected chi connectivity index (χ2v) is 7.33. The van der Waals surface area contributed by atoms with E-state index in [0.29, 0.717) is 6.92 Å². The fourth-order valence-electron chi connectivity index (χ4n) is 0.170. The predicted octanol–water partition coefficient (Wildman–Crippen LogP) is 1.18. The van der Waals surface area contributed by atoms with Crippen LogP contribution in [-0.4, -0.2) is 55.9 Å². The van der Waals surface area contributed by atoms with Crippen molar-refractivity contribution >= 4 is 15.2 Å². The summed E-state index contributed by atoms with van der Waals surface area (Å²) in [6.45, 7) is 1.33. The van der Waals surface area contributed by atoms with Crippen molar-refractivity contribution < 1.29 is 74.7 Å². The van der Waals surface area contributed by atoms with Crippen LogP contribution in [-0.2, 0) is 50.0 Å². The molecule has 0 aliphatic heterocycles. The standard InChI is InChI=1S/2C2H6N2.C2H8O7P2.2Pd/c2*3-1-2-4;1-2(3,10(4,5)6)11(7,8)9;;/h2*3-4H,1-2H2;3H,1H3,(H2,4,5,6)(H2,7,8,9);;/q2*-2;;2*+2. The molecule has 136 valence electrons. The summed E-state index contributed by atoms with van der Waals surface area (Å²) in [6.07, 6.45) is 0. The van der Waals surface area contributed by atoms with Crippen LogP contribution in [0, 0.1) is 0 Å². The molecule has 0 saturated heterocycles. The van der Waals surface area contributed by atoms with E-state index in [-0.39, 0.29) is 67.0 Å². The normalized spacial score (nSPS) is 10.8. The van der Waals surface area contributed by atoms with Crippen molar-refractivity contribution in [2.24, 2.45) is 0 Å². The molecule has 9 N–H and O–H groups in total. The van der Waals surface area contributed by atoms with Gasteiger partial charge >= 0.3 is 56.0 Å². The molecule has 0 unspecified atom stereocenters. The van der Waals surface area contributed by atoms with E-state index in [1.54, 1.807) is 0 Å². The SMILES string of the molecule is CC(O)(P(=O)(O)O)P(=O)(O)O.[NH-]CC[NH-].[NH-]CC[NH-].[Pd+2].[Pd+2]. The van der Waals surface area contributed by atoms with Gasteiger partial charge in [-0.3, -0.25) is 9.13 Å². The maximum atomic E-state index is 10.3. The van der Waals surface area contributed by atoms with Crippen molar-refractivity contribution in [3.63, 3.8) is 0 Å².